The molecule has 2 heteroatoms. The second-order valence-corrected chi connectivity index (χ2v) is 5.52. The van der Waals surface area contributed by atoms with Gasteiger partial charge in [-0.1, -0.05) is 24.3 Å². The van der Waals surface area contributed by atoms with Crippen molar-refractivity contribution in [3.63, 3.8) is 0 Å². The van der Waals surface area contributed by atoms with Crippen molar-refractivity contribution in [1.82, 2.24) is 10.2 Å². The van der Waals surface area contributed by atoms with E-state index in [4.69, 9.17) is 0 Å². The van der Waals surface area contributed by atoms with Crippen molar-refractivity contribution in [2.24, 2.45) is 5.92 Å². The lowest BCUT2D eigenvalue weighted by atomic mass is 9.98. The first-order chi connectivity index (χ1) is 8.34. The lowest BCUT2D eigenvalue weighted by Crippen LogP contribution is -2.37. The van der Waals surface area contributed by atoms with Crippen LogP contribution in [0.15, 0.2) is 24.3 Å². The van der Waals surface area contributed by atoms with Crippen molar-refractivity contribution < 1.29 is 0 Å². The number of nitrogens with one attached hydrogen (secondary N) is 1. The van der Waals surface area contributed by atoms with E-state index in [0.717, 1.165) is 12.5 Å². The molecule has 0 radical (unpaired) electrons. The zero-order valence-electron chi connectivity index (χ0n) is 10.7. The van der Waals surface area contributed by atoms with E-state index < -0.39 is 0 Å². The van der Waals surface area contributed by atoms with Gasteiger partial charge in [0.2, 0.25) is 0 Å². The molecule has 1 N–H and O–H groups in total. The number of rotatable bonds is 2. The van der Waals surface area contributed by atoms with Gasteiger partial charge < -0.3 is 5.32 Å². The Morgan fingerprint density at radius 1 is 1.35 bits per heavy atom. The fourth-order valence-corrected chi connectivity index (χ4v) is 3.27. The maximum absolute atomic E-state index is 3.52. The van der Waals surface area contributed by atoms with Gasteiger partial charge in [0.05, 0.1) is 0 Å². The molecule has 2 atom stereocenters. The molecule has 2 aliphatic heterocycles. The Hall–Kier alpha value is -0.860. The summed E-state index contributed by atoms with van der Waals surface area (Å²) in [6, 6.07) is 9.51. The molecule has 0 bridgehead atoms. The minimum Gasteiger partial charge on any atom is -0.316 e. The summed E-state index contributed by atoms with van der Waals surface area (Å²) in [5, 5.41) is 3.52. The van der Waals surface area contributed by atoms with E-state index in [1.54, 1.807) is 0 Å². The van der Waals surface area contributed by atoms with E-state index in [0.29, 0.717) is 6.04 Å². The maximum Gasteiger partial charge on any atom is 0.0326 e. The van der Waals surface area contributed by atoms with Crippen molar-refractivity contribution in [2.75, 3.05) is 19.6 Å². The van der Waals surface area contributed by atoms with Crippen molar-refractivity contribution in [3.05, 3.63) is 35.4 Å². The number of hydrogen-bond acceptors (Lipinski definition) is 2. The predicted molar refractivity (Wildman–Crippen MR) is 70.9 cm³/mol. The third-order valence-corrected chi connectivity index (χ3v) is 4.32. The third-order valence-electron chi connectivity index (χ3n) is 4.32. The van der Waals surface area contributed by atoms with Gasteiger partial charge in [-0.05, 0) is 49.9 Å². The quantitative estimate of drug-likeness (QED) is 0.840. The summed E-state index contributed by atoms with van der Waals surface area (Å²) in [5.41, 5.74) is 3.07. The zero-order valence-corrected chi connectivity index (χ0v) is 10.7. The molecule has 1 fully saturated rings. The molecule has 0 amide bonds. The average Bonchev–Trinajstić information content (AvgIpc) is 2.68. The van der Waals surface area contributed by atoms with E-state index in [2.05, 4.69) is 41.4 Å². The van der Waals surface area contributed by atoms with Crippen molar-refractivity contribution in [1.29, 1.82) is 0 Å². The first kappa shape index (κ1) is 11.2. The van der Waals surface area contributed by atoms with Crippen LogP contribution < -0.4 is 5.32 Å². The summed E-state index contributed by atoms with van der Waals surface area (Å²) in [5.74, 6) is 0.848. The SMILES string of the molecule is CC1c2ccccc2CN1CC1CCCNC1. The summed E-state index contributed by atoms with van der Waals surface area (Å²) in [6.07, 6.45) is 2.74. The number of fused-ring (bicyclic) bond motifs is 1. The van der Waals surface area contributed by atoms with Gasteiger partial charge >= 0.3 is 0 Å². The smallest absolute Gasteiger partial charge is 0.0326 e. The normalized spacial score (nSPS) is 29.2. The monoisotopic (exact) mass is 230 g/mol. The summed E-state index contributed by atoms with van der Waals surface area (Å²) in [7, 11) is 0. The van der Waals surface area contributed by atoms with Gasteiger partial charge in [-0.15, -0.1) is 0 Å². The number of hydrogen-bond donors (Lipinski definition) is 1. The third kappa shape index (κ3) is 2.24. The molecule has 0 spiro atoms. The summed E-state index contributed by atoms with van der Waals surface area (Å²) in [6.45, 7) is 7.17. The largest absolute Gasteiger partial charge is 0.316 e. The molecular formula is C15H22N2. The highest BCUT2D eigenvalue weighted by Crippen LogP contribution is 2.33. The molecule has 1 saturated heterocycles. The Kier molecular flexibility index (Phi) is 3.17. The van der Waals surface area contributed by atoms with Gasteiger partial charge in [0.25, 0.3) is 0 Å². The molecule has 92 valence electrons. The molecule has 2 nitrogen and oxygen atoms in total. The van der Waals surface area contributed by atoms with Crippen LogP contribution in [0.3, 0.4) is 0 Å². The van der Waals surface area contributed by atoms with E-state index in [1.165, 1.54) is 43.6 Å². The molecular weight excluding hydrogens is 208 g/mol. The van der Waals surface area contributed by atoms with Gasteiger partial charge in [-0.25, -0.2) is 0 Å². The van der Waals surface area contributed by atoms with Crippen LogP contribution in [0.2, 0.25) is 0 Å². The van der Waals surface area contributed by atoms with E-state index in [-0.39, 0.29) is 0 Å². The minimum absolute atomic E-state index is 0.605. The lowest BCUT2D eigenvalue weighted by molar-refractivity contribution is 0.175. The van der Waals surface area contributed by atoms with Crippen LogP contribution in [0, 0.1) is 5.92 Å². The average molecular weight is 230 g/mol. The van der Waals surface area contributed by atoms with Gasteiger partial charge in [-0.3, -0.25) is 4.90 Å². The summed E-state index contributed by atoms with van der Waals surface area (Å²) < 4.78 is 0. The fraction of sp³-hybridized carbons (Fsp3) is 0.600. The summed E-state index contributed by atoms with van der Waals surface area (Å²) >= 11 is 0. The molecule has 17 heavy (non-hydrogen) atoms. The Balaban J connectivity index is 1.67. The number of nitrogens with zero attached hydrogens (tertiary/aromatic N) is 1. The van der Waals surface area contributed by atoms with Gasteiger partial charge in [0.1, 0.15) is 0 Å². The molecule has 2 aliphatic rings. The predicted octanol–water partition coefficient (Wildman–Crippen LogP) is 2.56. The standard InChI is InChI=1S/C15H22N2/c1-12-15-7-3-2-6-14(15)11-17(12)10-13-5-4-8-16-9-13/h2-3,6-7,12-13,16H,4-5,8-11H2,1H3. The van der Waals surface area contributed by atoms with Crippen molar-refractivity contribution in [3.8, 4) is 0 Å². The molecule has 2 heterocycles. The molecule has 1 aromatic rings. The van der Waals surface area contributed by atoms with Crippen LogP contribution in [-0.4, -0.2) is 24.5 Å². The highest BCUT2D eigenvalue weighted by molar-refractivity contribution is 5.33. The molecule has 0 aliphatic carbocycles. The Morgan fingerprint density at radius 2 is 2.24 bits per heavy atom. The zero-order chi connectivity index (χ0) is 11.7. The van der Waals surface area contributed by atoms with Crippen LogP contribution in [-0.2, 0) is 6.54 Å². The van der Waals surface area contributed by atoms with Crippen LogP contribution in [0.4, 0.5) is 0 Å². The molecule has 2 unspecified atom stereocenters. The Morgan fingerprint density at radius 3 is 3.00 bits per heavy atom. The number of benzene rings is 1. The second kappa shape index (κ2) is 4.79. The maximum atomic E-state index is 3.52. The Bertz CT molecular complexity index is 382. The first-order valence-electron chi connectivity index (χ1n) is 6.87. The minimum atomic E-state index is 0.605. The van der Waals surface area contributed by atoms with Crippen LogP contribution in [0.5, 0.6) is 0 Å². The van der Waals surface area contributed by atoms with E-state index in [9.17, 15) is 0 Å². The highest BCUT2D eigenvalue weighted by Gasteiger charge is 2.28. The topological polar surface area (TPSA) is 15.3 Å². The van der Waals surface area contributed by atoms with Gasteiger partial charge in [0.15, 0.2) is 0 Å². The van der Waals surface area contributed by atoms with Gasteiger partial charge in [-0.2, -0.15) is 0 Å². The van der Waals surface area contributed by atoms with E-state index >= 15 is 0 Å². The van der Waals surface area contributed by atoms with Crippen molar-refractivity contribution >= 4 is 0 Å². The molecule has 3 rings (SSSR count). The molecule has 1 aromatic carbocycles. The number of piperidine rings is 1. The van der Waals surface area contributed by atoms with E-state index in [1.807, 2.05) is 0 Å². The molecule has 0 saturated carbocycles. The summed E-state index contributed by atoms with van der Waals surface area (Å²) in [4.78, 5) is 2.64. The molecule has 0 aromatic heterocycles. The second-order valence-electron chi connectivity index (χ2n) is 5.52. The van der Waals surface area contributed by atoms with Crippen molar-refractivity contribution in [2.45, 2.75) is 32.4 Å². The van der Waals surface area contributed by atoms with Crippen LogP contribution in [0.1, 0.15) is 36.9 Å². The first-order valence-corrected chi connectivity index (χ1v) is 6.87. The van der Waals surface area contributed by atoms with Crippen LogP contribution in [0.25, 0.3) is 0 Å². The van der Waals surface area contributed by atoms with Crippen LogP contribution >= 0.6 is 0 Å². The van der Waals surface area contributed by atoms with Gasteiger partial charge in [0, 0.05) is 19.1 Å². The lowest BCUT2D eigenvalue weighted by Gasteiger charge is -2.30. The fourth-order valence-electron chi connectivity index (χ4n) is 3.27. The Labute approximate surface area is 104 Å². The highest BCUT2D eigenvalue weighted by atomic mass is 15.2.